The Morgan fingerprint density at radius 3 is 2.28 bits per heavy atom. The number of nitrogens with one attached hydrogen (secondary N) is 2. The monoisotopic (exact) mass is 245 g/mol. The minimum atomic E-state index is 0.0913. The van der Waals surface area contributed by atoms with Crippen LogP contribution in [0.1, 0.15) is 5.56 Å². The van der Waals surface area contributed by atoms with Crippen molar-refractivity contribution in [3.05, 3.63) is 23.8 Å². The van der Waals surface area contributed by atoms with E-state index in [-0.39, 0.29) is 11.9 Å². The Morgan fingerprint density at radius 1 is 1.06 bits per heavy atom. The summed E-state index contributed by atoms with van der Waals surface area (Å²) >= 11 is 0. The minimum absolute atomic E-state index is 0.0913. The van der Waals surface area contributed by atoms with Crippen LogP contribution in [0.4, 0.5) is 29.2 Å². The Morgan fingerprint density at radius 2 is 1.72 bits per heavy atom. The molecule has 2 rings (SSSR count). The van der Waals surface area contributed by atoms with Gasteiger partial charge in [-0.2, -0.15) is 15.0 Å². The Hall–Kier alpha value is -2.57. The summed E-state index contributed by atoms with van der Waals surface area (Å²) < 4.78 is 0. The van der Waals surface area contributed by atoms with Crippen LogP contribution in [0.5, 0.6) is 0 Å². The van der Waals surface area contributed by atoms with Crippen molar-refractivity contribution in [2.45, 2.75) is 6.92 Å². The zero-order valence-electron chi connectivity index (χ0n) is 10.2. The number of anilines is 5. The molecule has 0 unspecified atom stereocenters. The van der Waals surface area contributed by atoms with Gasteiger partial charge in [-0.15, -0.1) is 0 Å². The summed E-state index contributed by atoms with van der Waals surface area (Å²) in [7, 11) is 1.88. The maximum atomic E-state index is 5.50. The highest BCUT2D eigenvalue weighted by molar-refractivity contribution is 5.62. The van der Waals surface area contributed by atoms with Crippen LogP contribution in [0.3, 0.4) is 0 Å². The highest BCUT2D eigenvalue weighted by Gasteiger charge is 2.03. The molecule has 0 saturated heterocycles. The van der Waals surface area contributed by atoms with Crippen molar-refractivity contribution in [2.24, 2.45) is 0 Å². The van der Waals surface area contributed by atoms with Gasteiger partial charge in [0.1, 0.15) is 0 Å². The van der Waals surface area contributed by atoms with Gasteiger partial charge in [0.05, 0.1) is 0 Å². The van der Waals surface area contributed by atoms with Crippen LogP contribution in [-0.2, 0) is 0 Å². The van der Waals surface area contributed by atoms with E-state index < -0.39 is 0 Å². The molecule has 18 heavy (non-hydrogen) atoms. The molecule has 1 aromatic carbocycles. The van der Waals surface area contributed by atoms with Gasteiger partial charge in [0, 0.05) is 18.4 Å². The second-order valence-corrected chi connectivity index (χ2v) is 3.78. The van der Waals surface area contributed by atoms with Crippen LogP contribution in [0.15, 0.2) is 18.2 Å². The van der Waals surface area contributed by atoms with Crippen molar-refractivity contribution in [3.63, 3.8) is 0 Å². The predicted molar refractivity (Wildman–Crippen MR) is 72.7 cm³/mol. The zero-order chi connectivity index (χ0) is 13.1. The predicted octanol–water partition coefficient (Wildman–Crippen LogP) is 1.13. The van der Waals surface area contributed by atoms with Gasteiger partial charge in [0.25, 0.3) is 0 Å². The summed E-state index contributed by atoms with van der Waals surface area (Å²) in [6, 6.07) is 5.85. The van der Waals surface area contributed by atoms with Gasteiger partial charge in [-0.25, -0.2) is 0 Å². The molecule has 0 aliphatic carbocycles. The fourth-order valence-electron chi connectivity index (χ4n) is 1.62. The number of rotatable bonds is 3. The first-order valence-electron chi connectivity index (χ1n) is 5.41. The van der Waals surface area contributed by atoms with E-state index in [9.17, 15) is 0 Å². The Bertz CT molecular complexity index is 547. The SMILES string of the molecule is CNc1ccc(Nc2nc(N)nc(N)n2)cc1C. The molecule has 1 aromatic heterocycles. The van der Waals surface area contributed by atoms with E-state index in [1.54, 1.807) is 0 Å². The molecule has 6 N–H and O–H groups in total. The lowest BCUT2D eigenvalue weighted by Crippen LogP contribution is -2.06. The lowest BCUT2D eigenvalue weighted by molar-refractivity contribution is 1.08. The van der Waals surface area contributed by atoms with Crippen molar-refractivity contribution in [3.8, 4) is 0 Å². The van der Waals surface area contributed by atoms with E-state index >= 15 is 0 Å². The van der Waals surface area contributed by atoms with Crippen LogP contribution in [0.2, 0.25) is 0 Å². The van der Waals surface area contributed by atoms with Gasteiger partial charge in [-0.05, 0) is 30.7 Å². The molecule has 1 heterocycles. The number of aryl methyl sites for hydroxylation is 1. The summed E-state index contributed by atoms with van der Waals surface area (Å²) in [5, 5.41) is 6.12. The molecule has 0 saturated carbocycles. The summed E-state index contributed by atoms with van der Waals surface area (Å²) in [6.45, 7) is 2.01. The average Bonchev–Trinajstić information content (AvgIpc) is 2.27. The molecule has 0 aliphatic heterocycles. The van der Waals surface area contributed by atoms with E-state index in [4.69, 9.17) is 11.5 Å². The molecule has 0 amide bonds. The molecule has 0 spiro atoms. The molecule has 2 aromatic rings. The number of benzene rings is 1. The van der Waals surface area contributed by atoms with E-state index in [2.05, 4.69) is 25.6 Å². The van der Waals surface area contributed by atoms with Gasteiger partial charge < -0.3 is 22.1 Å². The number of hydrogen-bond acceptors (Lipinski definition) is 7. The minimum Gasteiger partial charge on any atom is -0.388 e. The first kappa shape index (κ1) is 11.9. The largest absolute Gasteiger partial charge is 0.388 e. The smallest absolute Gasteiger partial charge is 0.233 e. The third-order valence-electron chi connectivity index (χ3n) is 2.42. The van der Waals surface area contributed by atoms with Crippen LogP contribution in [0, 0.1) is 6.92 Å². The Labute approximate surface area is 105 Å². The zero-order valence-corrected chi connectivity index (χ0v) is 10.2. The van der Waals surface area contributed by atoms with Gasteiger partial charge in [-0.3, -0.25) is 0 Å². The van der Waals surface area contributed by atoms with E-state index in [0.29, 0.717) is 5.95 Å². The van der Waals surface area contributed by atoms with Crippen molar-refractivity contribution in [1.82, 2.24) is 15.0 Å². The molecule has 0 bridgehead atoms. The highest BCUT2D eigenvalue weighted by atomic mass is 15.2. The topological polar surface area (TPSA) is 115 Å². The van der Waals surface area contributed by atoms with Gasteiger partial charge in [0.2, 0.25) is 17.8 Å². The van der Waals surface area contributed by atoms with Crippen molar-refractivity contribution >= 4 is 29.2 Å². The number of aromatic nitrogens is 3. The van der Waals surface area contributed by atoms with Crippen molar-refractivity contribution < 1.29 is 0 Å². The van der Waals surface area contributed by atoms with Crippen molar-refractivity contribution in [1.29, 1.82) is 0 Å². The van der Waals surface area contributed by atoms with E-state index in [1.807, 2.05) is 32.2 Å². The first-order chi connectivity index (χ1) is 8.58. The second-order valence-electron chi connectivity index (χ2n) is 3.78. The lowest BCUT2D eigenvalue weighted by Gasteiger charge is -2.09. The standard InChI is InChI=1S/C11H15N7/c1-6-5-7(3-4-8(6)14-2)15-11-17-9(12)16-10(13)18-11/h3-5,14H,1-2H3,(H5,12,13,15,16,17,18). The number of nitrogen functional groups attached to an aromatic ring is 2. The Balaban J connectivity index is 2.25. The molecular formula is C11H15N7. The van der Waals surface area contributed by atoms with E-state index in [0.717, 1.165) is 16.9 Å². The summed E-state index contributed by atoms with van der Waals surface area (Å²) in [5.41, 5.74) is 14.0. The third-order valence-corrected chi connectivity index (χ3v) is 2.42. The Kier molecular flexibility index (Phi) is 3.13. The molecular weight excluding hydrogens is 230 g/mol. The van der Waals surface area contributed by atoms with Crippen molar-refractivity contribution in [2.75, 3.05) is 29.1 Å². The second kappa shape index (κ2) is 4.74. The van der Waals surface area contributed by atoms with Crippen LogP contribution >= 0.6 is 0 Å². The number of hydrogen-bond donors (Lipinski definition) is 4. The summed E-state index contributed by atoms with van der Waals surface area (Å²) in [4.78, 5) is 11.6. The van der Waals surface area contributed by atoms with E-state index in [1.165, 1.54) is 0 Å². The highest BCUT2D eigenvalue weighted by Crippen LogP contribution is 2.21. The van der Waals surface area contributed by atoms with Crippen LogP contribution in [-0.4, -0.2) is 22.0 Å². The average molecular weight is 245 g/mol. The maximum Gasteiger partial charge on any atom is 0.233 e. The van der Waals surface area contributed by atoms with Gasteiger partial charge >= 0.3 is 0 Å². The summed E-state index contributed by atoms with van der Waals surface area (Å²) in [5.74, 6) is 0.513. The molecule has 0 radical (unpaired) electrons. The fourth-order valence-corrected chi connectivity index (χ4v) is 1.62. The summed E-state index contributed by atoms with van der Waals surface area (Å²) in [6.07, 6.45) is 0. The molecule has 7 nitrogen and oxygen atoms in total. The number of nitrogens with two attached hydrogens (primary N) is 2. The quantitative estimate of drug-likeness (QED) is 0.640. The molecule has 7 heteroatoms. The number of nitrogens with zero attached hydrogens (tertiary/aromatic N) is 3. The van der Waals surface area contributed by atoms with Gasteiger partial charge in [0.15, 0.2) is 0 Å². The third kappa shape index (κ3) is 2.57. The fraction of sp³-hybridized carbons (Fsp3) is 0.182. The van der Waals surface area contributed by atoms with Crippen LogP contribution in [0.25, 0.3) is 0 Å². The maximum absolute atomic E-state index is 5.50. The lowest BCUT2D eigenvalue weighted by atomic mass is 10.2. The van der Waals surface area contributed by atoms with Gasteiger partial charge in [-0.1, -0.05) is 0 Å². The molecule has 94 valence electrons. The normalized spacial score (nSPS) is 10.1. The van der Waals surface area contributed by atoms with Crippen LogP contribution < -0.4 is 22.1 Å². The molecule has 0 fully saturated rings. The molecule has 0 aliphatic rings. The molecule has 0 atom stereocenters. The first-order valence-corrected chi connectivity index (χ1v) is 5.41.